The van der Waals surface area contributed by atoms with Crippen molar-refractivity contribution in [2.75, 3.05) is 44.2 Å². The van der Waals surface area contributed by atoms with Crippen LogP contribution in [0.1, 0.15) is 10.4 Å². The molecule has 0 aromatic heterocycles. The summed E-state index contributed by atoms with van der Waals surface area (Å²) in [7, 11) is -3.78. The second kappa shape index (κ2) is 12.9. The van der Waals surface area contributed by atoms with E-state index in [0.29, 0.717) is 19.6 Å². The van der Waals surface area contributed by atoms with Gasteiger partial charge in [-0.3, -0.25) is 9.62 Å². The molecule has 0 aliphatic heterocycles. The number of hydrogen-bond acceptors (Lipinski definition) is 7. The number of aliphatic hydroxyl groups excluding tert-OH is 3. The highest BCUT2D eigenvalue weighted by atomic mass is 32.2. The van der Waals surface area contributed by atoms with Crippen LogP contribution in [0.15, 0.2) is 59.5 Å². The van der Waals surface area contributed by atoms with Crippen molar-refractivity contribution in [2.24, 2.45) is 0 Å². The van der Waals surface area contributed by atoms with Crippen LogP contribution in [-0.4, -0.2) is 79.2 Å². The number of para-hydroxylation sites is 1. The zero-order valence-electron chi connectivity index (χ0n) is 15.8. The Morgan fingerprint density at radius 1 is 0.828 bits per heavy atom. The third-order valence-electron chi connectivity index (χ3n) is 3.70. The van der Waals surface area contributed by atoms with Gasteiger partial charge in [-0.25, -0.2) is 13.2 Å². The summed E-state index contributed by atoms with van der Waals surface area (Å²) >= 11 is 0. The van der Waals surface area contributed by atoms with Gasteiger partial charge < -0.3 is 20.4 Å². The summed E-state index contributed by atoms with van der Waals surface area (Å²) in [5, 5.41) is 34.5. The zero-order valence-corrected chi connectivity index (χ0v) is 16.6. The van der Waals surface area contributed by atoms with Crippen molar-refractivity contribution in [1.82, 2.24) is 4.90 Å². The molecule has 0 atom stereocenters. The summed E-state index contributed by atoms with van der Waals surface area (Å²) < 4.78 is 26.4. The summed E-state index contributed by atoms with van der Waals surface area (Å²) in [5.74, 6) is -1.19. The molecule has 2 aromatic carbocycles. The van der Waals surface area contributed by atoms with Gasteiger partial charge in [0, 0.05) is 19.6 Å². The van der Waals surface area contributed by atoms with Gasteiger partial charge in [-0.1, -0.05) is 30.3 Å². The van der Waals surface area contributed by atoms with Crippen LogP contribution in [0.3, 0.4) is 0 Å². The lowest BCUT2D eigenvalue weighted by molar-refractivity contribution is 0.0698. The Labute approximate surface area is 169 Å². The number of sulfonamides is 1. The smallest absolute Gasteiger partial charge is 0.337 e. The Morgan fingerprint density at radius 2 is 1.31 bits per heavy atom. The monoisotopic (exact) mass is 426 g/mol. The van der Waals surface area contributed by atoms with E-state index in [1.165, 1.54) is 30.3 Å². The zero-order chi connectivity index (χ0) is 21.7. The number of benzene rings is 2. The molecule has 0 fully saturated rings. The highest BCUT2D eigenvalue weighted by Gasteiger charge is 2.17. The van der Waals surface area contributed by atoms with E-state index < -0.39 is 16.0 Å². The Bertz CT molecular complexity index is 830. The topological polar surface area (TPSA) is 147 Å². The molecule has 29 heavy (non-hydrogen) atoms. The minimum absolute atomic E-state index is 0.0406. The van der Waals surface area contributed by atoms with E-state index in [1.54, 1.807) is 29.2 Å². The Hall–Kier alpha value is -2.50. The van der Waals surface area contributed by atoms with E-state index in [4.69, 9.17) is 20.4 Å². The van der Waals surface area contributed by atoms with Crippen LogP contribution in [0.2, 0.25) is 0 Å². The van der Waals surface area contributed by atoms with E-state index in [-0.39, 0.29) is 36.0 Å². The standard InChI is InChI=1S/C13H11NO4S.C6H15NO3/c15-13(16)11-8-4-5-9-12(11)14-19(17,18)10-6-2-1-3-7-10;8-4-1-7(2-5-9)3-6-10/h1-9,14H,(H,15,16);8-10H,1-6H2. The minimum Gasteiger partial charge on any atom is -0.478 e. The first kappa shape index (κ1) is 24.5. The van der Waals surface area contributed by atoms with Crippen LogP contribution >= 0.6 is 0 Å². The molecule has 9 nitrogen and oxygen atoms in total. The fraction of sp³-hybridized carbons (Fsp3) is 0.316. The predicted molar refractivity (Wildman–Crippen MR) is 108 cm³/mol. The fourth-order valence-corrected chi connectivity index (χ4v) is 3.42. The Kier molecular flexibility index (Phi) is 10.9. The van der Waals surface area contributed by atoms with Crippen molar-refractivity contribution in [3.05, 3.63) is 60.2 Å². The van der Waals surface area contributed by atoms with Crippen LogP contribution in [0.4, 0.5) is 5.69 Å². The van der Waals surface area contributed by atoms with Crippen molar-refractivity contribution in [2.45, 2.75) is 4.90 Å². The molecule has 5 N–H and O–H groups in total. The summed E-state index contributed by atoms with van der Waals surface area (Å²) in [6, 6.07) is 13.6. The maximum absolute atomic E-state index is 12.1. The van der Waals surface area contributed by atoms with Crippen LogP contribution < -0.4 is 4.72 Å². The van der Waals surface area contributed by atoms with Crippen molar-refractivity contribution < 1.29 is 33.6 Å². The van der Waals surface area contributed by atoms with E-state index in [2.05, 4.69) is 4.72 Å². The number of aliphatic hydroxyl groups is 3. The molecule has 0 amide bonds. The largest absolute Gasteiger partial charge is 0.478 e. The highest BCUT2D eigenvalue weighted by molar-refractivity contribution is 7.92. The first-order valence-electron chi connectivity index (χ1n) is 8.80. The van der Waals surface area contributed by atoms with Gasteiger partial charge in [0.1, 0.15) is 0 Å². The highest BCUT2D eigenvalue weighted by Crippen LogP contribution is 2.19. The number of carbonyl (C=O) groups is 1. The second-order valence-electron chi connectivity index (χ2n) is 5.78. The lowest BCUT2D eigenvalue weighted by Crippen LogP contribution is -2.32. The third kappa shape index (κ3) is 8.59. The molecule has 0 bridgehead atoms. The lowest BCUT2D eigenvalue weighted by atomic mass is 10.2. The summed E-state index contributed by atoms with van der Waals surface area (Å²) in [5.41, 5.74) is -0.0548. The van der Waals surface area contributed by atoms with Gasteiger partial charge in [-0.2, -0.15) is 0 Å². The van der Waals surface area contributed by atoms with Crippen molar-refractivity contribution in [3.63, 3.8) is 0 Å². The maximum atomic E-state index is 12.1. The number of nitrogens with zero attached hydrogens (tertiary/aromatic N) is 1. The van der Waals surface area contributed by atoms with Gasteiger partial charge in [-0.05, 0) is 24.3 Å². The molecule has 10 heteroatoms. The lowest BCUT2D eigenvalue weighted by Gasteiger charge is -2.17. The molecular formula is C19H26N2O7S. The van der Waals surface area contributed by atoms with Gasteiger partial charge >= 0.3 is 5.97 Å². The van der Waals surface area contributed by atoms with E-state index in [0.717, 1.165) is 0 Å². The molecule has 0 unspecified atom stereocenters. The van der Waals surface area contributed by atoms with Crippen LogP contribution in [0.5, 0.6) is 0 Å². The molecule has 160 valence electrons. The quantitative estimate of drug-likeness (QED) is 0.368. The second-order valence-corrected chi connectivity index (χ2v) is 7.46. The summed E-state index contributed by atoms with van der Waals surface area (Å²) in [6.45, 7) is 1.75. The number of anilines is 1. The molecule has 0 radical (unpaired) electrons. The predicted octanol–water partition coefficient (Wildman–Crippen LogP) is 0.451. The van der Waals surface area contributed by atoms with Gasteiger partial charge in [-0.15, -0.1) is 0 Å². The van der Waals surface area contributed by atoms with Crippen LogP contribution in [-0.2, 0) is 10.0 Å². The van der Waals surface area contributed by atoms with E-state index in [1.807, 2.05) is 0 Å². The SMILES string of the molecule is O=C(O)c1ccccc1NS(=O)(=O)c1ccccc1.OCCN(CCO)CCO. The van der Waals surface area contributed by atoms with Crippen molar-refractivity contribution >= 4 is 21.7 Å². The molecular weight excluding hydrogens is 400 g/mol. The van der Waals surface area contributed by atoms with Crippen molar-refractivity contribution in [3.8, 4) is 0 Å². The van der Waals surface area contributed by atoms with Gasteiger partial charge in [0.25, 0.3) is 10.0 Å². The van der Waals surface area contributed by atoms with Gasteiger partial charge in [0.15, 0.2) is 0 Å². The molecule has 0 aliphatic carbocycles. The summed E-state index contributed by atoms with van der Waals surface area (Å²) in [4.78, 5) is 12.9. The summed E-state index contributed by atoms with van der Waals surface area (Å²) in [6.07, 6.45) is 0. The first-order valence-corrected chi connectivity index (χ1v) is 10.3. The van der Waals surface area contributed by atoms with Crippen LogP contribution in [0, 0.1) is 0 Å². The average molecular weight is 426 g/mol. The Morgan fingerprint density at radius 3 is 1.79 bits per heavy atom. The maximum Gasteiger partial charge on any atom is 0.337 e. The number of carboxylic acids is 1. The molecule has 0 aliphatic rings. The first-order chi connectivity index (χ1) is 13.9. The average Bonchev–Trinajstić information content (AvgIpc) is 2.70. The van der Waals surface area contributed by atoms with E-state index >= 15 is 0 Å². The number of nitrogens with one attached hydrogen (secondary N) is 1. The van der Waals surface area contributed by atoms with Gasteiger partial charge in [0.05, 0.1) is 36.0 Å². The molecule has 0 spiro atoms. The minimum atomic E-state index is -3.78. The van der Waals surface area contributed by atoms with Crippen molar-refractivity contribution in [1.29, 1.82) is 0 Å². The molecule has 2 rings (SSSR count). The normalized spacial score (nSPS) is 10.9. The molecule has 0 saturated carbocycles. The Balaban J connectivity index is 0.000000359. The number of hydrogen-bond donors (Lipinski definition) is 5. The van der Waals surface area contributed by atoms with E-state index in [9.17, 15) is 13.2 Å². The molecule has 0 saturated heterocycles. The number of aromatic carboxylic acids is 1. The number of rotatable bonds is 10. The van der Waals surface area contributed by atoms with Crippen LogP contribution in [0.25, 0.3) is 0 Å². The molecule has 2 aromatic rings. The molecule has 0 heterocycles. The number of carboxylic acid groups (broad SMARTS) is 1. The third-order valence-corrected chi connectivity index (χ3v) is 5.09. The van der Waals surface area contributed by atoms with Gasteiger partial charge in [0.2, 0.25) is 0 Å². The fourth-order valence-electron chi connectivity index (χ4n) is 2.32.